The molecular weight excluding hydrogens is 506 g/mol. The molecular formula is C31H43N5O4. The smallest absolute Gasteiger partial charge is 0.253 e. The molecule has 1 N–H and O–H groups in total. The summed E-state index contributed by atoms with van der Waals surface area (Å²) in [5, 5.41) is 7.25. The van der Waals surface area contributed by atoms with Gasteiger partial charge < -0.3 is 19.6 Å². The highest BCUT2D eigenvalue weighted by molar-refractivity contribution is 5.95. The first-order valence-electron chi connectivity index (χ1n) is 15.0. The predicted octanol–water partition coefficient (Wildman–Crippen LogP) is 4.47. The van der Waals surface area contributed by atoms with E-state index in [0.29, 0.717) is 55.7 Å². The third kappa shape index (κ3) is 6.39. The quantitative estimate of drug-likeness (QED) is 0.605. The number of fused-ring (bicyclic) bond motifs is 4. The number of amides is 3. The average molecular weight is 550 g/mol. The molecule has 3 aliphatic heterocycles. The van der Waals surface area contributed by atoms with E-state index < -0.39 is 0 Å². The molecule has 2 aromatic rings. The molecule has 3 aliphatic rings. The van der Waals surface area contributed by atoms with Gasteiger partial charge in [-0.2, -0.15) is 4.98 Å². The summed E-state index contributed by atoms with van der Waals surface area (Å²) in [6.45, 7) is 10.1. The van der Waals surface area contributed by atoms with Crippen molar-refractivity contribution in [3.05, 3.63) is 35.7 Å². The van der Waals surface area contributed by atoms with Crippen molar-refractivity contribution in [2.24, 2.45) is 23.7 Å². The zero-order chi connectivity index (χ0) is 28.4. The number of aryl methyl sites for hydroxylation is 1. The highest BCUT2D eigenvalue weighted by Gasteiger charge is 2.43. The highest BCUT2D eigenvalue weighted by atomic mass is 16.5. The molecule has 216 valence electrons. The summed E-state index contributed by atoms with van der Waals surface area (Å²) in [6.07, 6.45) is 5.37. The third-order valence-corrected chi connectivity index (χ3v) is 9.02. The topological polar surface area (TPSA) is 109 Å². The second-order valence-corrected chi connectivity index (χ2v) is 12.6. The summed E-state index contributed by atoms with van der Waals surface area (Å²) in [7, 11) is 0. The van der Waals surface area contributed by atoms with Crippen molar-refractivity contribution in [3.8, 4) is 11.4 Å². The fourth-order valence-corrected chi connectivity index (χ4v) is 6.86. The van der Waals surface area contributed by atoms with E-state index in [1.54, 1.807) is 6.92 Å². The summed E-state index contributed by atoms with van der Waals surface area (Å²) in [5.41, 5.74) is 1.35. The zero-order valence-corrected chi connectivity index (χ0v) is 24.3. The number of aromatic nitrogens is 2. The van der Waals surface area contributed by atoms with Gasteiger partial charge in [0.25, 0.3) is 5.91 Å². The average Bonchev–Trinajstić information content (AvgIpc) is 3.37. The van der Waals surface area contributed by atoms with Crippen LogP contribution in [-0.4, -0.2) is 69.4 Å². The predicted molar refractivity (Wildman–Crippen MR) is 151 cm³/mol. The number of carbonyl (C=O) groups excluding carboxylic acids is 3. The van der Waals surface area contributed by atoms with Gasteiger partial charge in [-0.1, -0.05) is 38.1 Å². The van der Waals surface area contributed by atoms with Crippen molar-refractivity contribution in [3.63, 3.8) is 0 Å². The lowest BCUT2D eigenvalue weighted by molar-refractivity contribution is -0.141. The van der Waals surface area contributed by atoms with Crippen LogP contribution in [-0.2, 0) is 9.59 Å². The van der Waals surface area contributed by atoms with Crippen LogP contribution in [0.5, 0.6) is 0 Å². The molecule has 4 heterocycles. The van der Waals surface area contributed by atoms with E-state index in [2.05, 4.69) is 41.1 Å². The van der Waals surface area contributed by atoms with Crippen LogP contribution < -0.4 is 5.32 Å². The van der Waals surface area contributed by atoms with Gasteiger partial charge in [-0.25, -0.2) is 0 Å². The number of rotatable bonds is 3. The number of likely N-dealkylation sites (tertiary alicyclic amines) is 1. The minimum Gasteiger partial charge on any atom is -0.353 e. The molecule has 5 rings (SSSR count). The lowest BCUT2D eigenvalue weighted by Crippen LogP contribution is -2.60. The Balaban J connectivity index is 1.32. The first-order chi connectivity index (χ1) is 19.2. The second-order valence-electron chi connectivity index (χ2n) is 12.6. The van der Waals surface area contributed by atoms with Gasteiger partial charge in [0.1, 0.15) is 0 Å². The number of nitrogens with one attached hydrogen (secondary N) is 1. The number of hydrogen-bond acceptors (Lipinski definition) is 6. The van der Waals surface area contributed by atoms with Crippen molar-refractivity contribution < 1.29 is 18.9 Å². The Hall–Kier alpha value is -3.23. The lowest BCUT2D eigenvalue weighted by atomic mass is 9.77. The Bertz CT molecular complexity index is 1230. The maximum absolute atomic E-state index is 13.7. The summed E-state index contributed by atoms with van der Waals surface area (Å²) >= 11 is 0. The molecule has 9 heteroatoms. The lowest BCUT2D eigenvalue weighted by Gasteiger charge is -2.51. The second kappa shape index (κ2) is 12.1. The van der Waals surface area contributed by atoms with Crippen LogP contribution in [0.15, 0.2) is 28.8 Å². The fourth-order valence-electron chi connectivity index (χ4n) is 6.86. The van der Waals surface area contributed by atoms with Crippen molar-refractivity contribution in [1.29, 1.82) is 0 Å². The standard InChI is InChI=1S/C31H43N5O4/c1-19(2)26-12-11-20(3)13-29(38)36-17-22-14-25(27(36)9-6-10-28(37)33-26)18-35(16-22)31(39)24-8-5-7-23(15-24)30-32-21(4)40-34-30/h5,7-8,15,19-20,22,25-27H,6,9-14,16-18H2,1-4H3,(H,33,37)/t20-,22+,25-,26+,27+/m1/s1. The van der Waals surface area contributed by atoms with Gasteiger partial charge in [0.2, 0.25) is 23.5 Å². The number of nitrogens with zero attached hydrogens (tertiary/aromatic N) is 4. The Labute approximate surface area is 237 Å². The summed E-state index contributed by atoms with van der Waals surface area (Å²) in [6, 6.07) is 7.59. The van der Waals surface area contributed by atoms with Gasteiger partial charge in [-0.3, -0.25) is 14.4 Å². The van der Waals surface area contributed by atoms with Gasteiger partial charge in [0, 0.05) is 62.6 Å². The Morgan fingerprint density at radius 2 is 1.95 bits per heavy atom. The van der Waals surface area contributed by atoms with Gasteiger partial charge in [0.15, 0.2) is 0 Å². The van der Waals surface area contributed by atoms with E-state index in [0.717, 1.165) is 37.7 Å². The van der Waals surface area contributed by atoms with E-state index in [4.69, 9.17) is 4.52 Å². The van der Waals surface area contributed by atoms with Crippen LogP contribution in [0.25, 0.3) is 11.4 Å². The van der Waals surface area contributed by atoms with Gasteiger partial charge >= 0.3 is 0 Å². The molecule has 0 aliphatic carbocycles. The third-order valence-electron chi connectivity index (χ3n) is 9.02. The summed E-state index contributed by atoms with van der Waals surface area (Å²) in [5.74, 6) is 2.37. The molecule has 40 heavy (non-hydrogen) atoms. The summed E-state index contributed by atoms with van der Waals surface area (Å²) in [4.78, 5) is 48.5. The Morgan fingerprint density at radius 1 is 1.12 bits per heavy atom. The van der Waals surface area contributed by atoms with Gasteiger partial charge in [0.05, 0.1) is 0 Å². The molecule has 1 aromatic carbocycles. The zero-order valence-electron chi connectivity index (χ0n) is 24.3. The first kappa shape index (κ1) is 28.3. The molecule has 2 bridgehead atoms. The highest BCUT2D eigenvalue weighted by Crippen LogP contribution is 2.37. The van der Waals surface area contributed by atoms with Crippen LogP contribution in [0.1, 0.15) is 82.0 Å². The van der Waals surface area contributed by atoms with Crippen LogP contribution >= 0.6 is 0 Å². The molecule has 3 fully saturated rings. The molecule has 3 saturated heterocycles. The molecule has 5 atom stereocenters. The monoisotopic (exact) mass is 549 g/mol. The van der Waals surface area contributed by atoms with E-state index in [9.17, 15) is 14.4 Å². The normalized spacial score (nSPS) is 28.3. The molecule has 3 amide bonds. The minimum atomic E-state index is -0.00564. The van der Waals surface area contributed by atoms with E-state index in [1.165, 1.54) is 0 Å². The largest absolute Gasteiger partial charge is 0.353 e. The SMILES string of the molecule is Cc1nc(-c2cccc(C(=O)N3C[C@@H]4C[C@H](C3)[C@@H]3CCCC(=O)N[C@H](C(C)C)CC[C@@H](C)CC(=O)N3C4)c2)no1. The number of piperidine rings is 2. The van der Waals surface area contributed by atoms with E-state index >= 15 is 0 Å². The van der Waals surface area contributed by atoms with Crippen molar-refractivity contribution in [2.45, 2.75) is 84.7 Å². The van der Waals surface area contributed by atoms with E-state index in [-0.39, 0.29) is 47.6 Å². The molecule has 1 aromatic heterocycles. The van der Waals surface area contributed by atoms with Crippen molar-refractivity contribution in [1.82, 2.24) is 25.3 Å². The van der Waals surface area contributed by atoms with Gasteiger partial charge in [-0.15, -0.1) is 0 Å². The number of hydrogen-bond donors (Lipinski definition) is 1. The van der Waals surface area contributed by atoms with E-state index in [1.807, 2.05) is 29.2 Å². The van der Waals surface area contributed by atoms with Crippen molar-refractivity contribution in [2.75, 3.05) is 19.6 Å². The van der Waals surface area contributed by atoms with Crippen LogP contribution in [0.4, 0.5) is 0 Å². The molecule has 9 nitrogen and oxygen atoms in total. The maximum atomic E-state index is 13.7. The molecule has 0 saturated carbocycles. The Kier molecular flexibility index (Phi) is 8.57. The van der Waals surface area contributed by atoms with Gasteiger partial charge in [-0.05, 0) is 67.9 Å². The number of carbonyl (C=O) groups is 3. The van der Waals surface area contributed by atoms with Crippen LogP contribution in [0.3, 0.4) is 0 Å². The maximum Gasteiger partial charge on any atom is 0.253 e. The number of benzene rings is 1. The summed E-state index contributed by atoms with van der Waals surface area (Å²) < 4.78 is 5.12. The fraction of sp³-hybridized carbons (Fsp3) is 0.645. The van der Waals surface area contributed by atoms with Crippen molar-refractivity contribution >= 4 is 17.7 Å². The molecule has 0 spiro atoms. The van der Waals surface area contributed by atoms with Crippen LogP contribution in [0, 0.1) is 30.6 Å². The molecule has 0 radical (unpaired) electrons. The first-order valence-corrected chi connectivity index (χ1v) is 15.0. The minimum absolute atomic E-state index is 0.00564. The Morgan fingerprint density at radius 3 is 2.70 bits per heavy atom. The molecule has 0 unspecified atom stereocenters. The van der Waals surface area contributed by atoms with Crippen LogP contribution in [0.2, 0.25) is 0 Å².